The molecule has 13 nitrogen and oxygen atoms in total. The minimum atomic E-state index is -3.89. The van der Waals surface area contributed by atoms with Crippen molar-refractivity contribution in [1.29, 1.82) is 0 Å². The summed E-state index contributed by atoms with van der Waals surface area (Å²) in [6.07, 6.45) is 9.92. The van der Waals surface area contributed by atoms with Crippen LogP contribution in [0.15, 0.2) is 43.0 Å². The van der Waals surface area contributed by atoms with E-state index in [1.165, 1.54) is 11.0 Å². The highest BCUT2D eigenvalue weighted by Gasteiger charge is 2.62. The highest BCUT2D eigenvalue weighted by Crippen LogP contribution is 2.45. The Kier molecular flexibility index (Phi) is 11.6. The van der Waals surface area contributed by atoms with E-state index >= 15 is 0 Å². The normalized spacial score (nSPS) is 28.2. The first kappa shape index (κ1) is 38.0. The van der Waals surface area contributed by atoms with E-state index in [4.69, 9.17) is 4.74 Å². The van der Waals surface area contributed by atoms with Gasteiger partial charge in [-0.2, -0.15) is 0 Å². The second kappa shape index (κ2) is 15.6. The second-order valence-corrected chi connectivity index (χ2v) is 17.2. The van der Waals surface area contributed by atoms with Crippen molar-refractivity contribution in [2.24, 2.45) is 11.3 Å². The average molecular weight is 726 g/mol. The monoisotopic (exact) mass is 725 g/mol. The number of nitrogens with zero attached hydrogens (tertiary/aromatic N) is 1. The fourth-order valence-corrected chi connectivity index (χ4v) is 8.18. The Morgan fingerprint density at radius 3 is 2.49 bits per heavy atom. The molecule has 4 aliphatic rings. The van der Waals surface area contributed by atoms with E-state index in [0.717, 1.165) is 30.4 Å². The van der Waals surface area contributed by atoms with Crippen LogP contribution in [0.5, 0.6) is 0 Å². The molecule has 0 unspecified atom stereocenters. The summed E-state index contributed by atoms with van der Waals surface area (Å²) < 4.78 is 32.8. The van der Waals surface area contributed by atoms with E-state index in [1.807, 2.05) is 24.3 Å². The van der Waals surface area contributed by atoms with Gasteiger partial charge in [-0.05, 0) is 74.3 Å². The molecule has 1 aromatic carbocycles. The van der Waals surface area contributed by atoms with Crippen LogP contribution in [0.25, 0.3) is 6.08 Å². The number of carbonyl (C=O) groups excluding carboxylic acids is 5. The number of aryl methyl sites for hydroxylation is 1. The van der Waals surface area contributed by atoms with Crippen LogP contribution in [0, 0.1) is 11.3 Å². The summed E-state index contributed by atoms with van der Waals surface area (Å²) in [5, 5.41) is 7.82. The SMILES string of the molecule is C=C[C@@H]1C[C@]1(NC(=O)[C@@H]1C[C@@H]2CN1C(=O)[C@H](C(C)(C)C)NC(=O)OCCCCCC=Cc1ccccc1CCC(=O)N2)C(=O)NS(=O)(=O)C1CC1. The maximum Gasteiger partial charge on any atom is 0.407 e. The molecule has 0 aromatic heterocycles. The molecule has 2 aliphatic heterocycles. The third-order valence-corrected chi connectivity index (χ3v) is 11.9. The van der Waals surface area contributed by atoms with Crippen molar-refractivity contribution in [3.05, 3.63) is 54.1 Å². The third-order valence-electron chi connectivity index (χ3n) is 10.1. The van der Waals surface area contributed by atoms with Crippen LogP contribution in [0.4, 0.5) is 4.79 Å². The number of allylic oxidation sites excluding steroid dienone is 1. The molecule has 14 heteroatoms. The van der Waals surface area contributed by atoms with Crippen molar-refractivity contribution in [3.63, 3.8) is 0 Å². The molecule has 2 saturated carbocycles. The lowest BCUT2D eigenvalue weighted by molar-refractivity contribution is -0.142. The maximum atomic E-state index is 14.3. The molecule has 2 bridgehead atoms. The maximum absolute atomic E-state index is 14.3. The molecule has 5 atom stereocenters. The van der Waals surface area contributed by atoms with Crippen LogP contribution in [0.1, 0.15) is 89.7 Å². The van der Waals surface area contributed by atoms with Crippen LogP contribution in [0.2, 0.25) is 0 Å². The van der Waals surface area contributed by atoms with Gasteiger partial charge in [-0.3, -0.25) is 23.9 Å². The van der Waals surface area contributed by atoms with Crippen LogP contribution in [-0.4, -0.2) is 85.1 Å². The summed E-state index contributed by atoms with van der Waals surface area (Å²) in [6.45, 7) is 9.26. The summed E-state index contributed by atoms with van der Waals surface area (Å²) in [5.74, 6) is -2.84. The molecule has 1 aromatic rings. The van der Waals surface area contributed by atoms with E-state index in [-0.39, 0.29) is 38.3 Å². The number of benzene rings is 1. The number of hydrogen-bond donors (Lipinski definition) is 4. The van der Waals surface area contributed by atoms with E-state index < -0.39 is 74.1 Å². The van der Waals surface area contributed by atoms with Crippen LogP contribution >= 0.6 is 0 Å². The zero-order valence-electron chi connectivity index (χ0n) is 29.7. The number of sulfonamides is 1. The molecular formula is C37H51N5O8S. The van der Waals surface area contributed by atoms with Crippen LogP contribution in [0.3, 0.4) is 0 Å². The van der Waals surface area contributed by atoms with Crippen molar-refractivity contribution in [1.82, 2.24) is 25.6 Å². The molecule has 2 aliphatic carbocycles. The van der Waals surface area contributed by atoms with Gasteiger partial charge in [0.05, 0.1) is 11.9 Å². The predicted octanol–water partition coefficient (Wildman–Crippen LogP) is 3.10. The average Bonchev–Trinajstić information content (AvgIpc) is 4.00. The van der Waals surface area contributed by atoms with Crippen LogP contribution < -0.4 is 20.7 Å². The van der Waals surface area contributed by atoms with Gasteiger partial charge in [0.1, 0.15) is 17.6 Å². The van der Waals surface area contributed by atoms with Crippen molar-refractivity contribution < 1.29 is 37.1 Å². The van der Waals surface area contributed by atoms with E-state index in [0.29, 0.717) is 25.7 Å². The first-order valence-electron chi connectivity index (χ1n) is 17.9. The fraction of sp³-hybridized carbons (Fsp3) is 0.595. The number of amides is 5. The molecule has 5 rings (SSSR count). The number of carbonyl (C=O) groups is 5. The van der Waals surface area contributed by atoms with Gasteiger partial charge in [0.15, 0.2) is 0 Å². The van der Waals surface area contributed by atoms with Crippen molar-refractivity contribution in [3.8, 4) is 0 Å². The molecule has 1 saturated heterocycles. The number of fused-ring (bicyclic) bond motifs is 3. The van der Waals surface area contributed by atoms with Crippen molar-refractivity contribution in [2.75, 3.05) is 13.2 Å². The Balaban J connectivity index is 1.39. The van der Waals surface area contributed by atoms with Gasteiger partial charge in [-0.1, -0.05) is 63.3 Å². The Hall–Kier alpha value is -4.20. The second-order valence-electron chi connectivity index (χ2n) is 15.2. The summed E-state index contributed by atoms with van der Waals surface area (Å²) in [7, 11) is -3.89. The van der Waals surface area contributed by atoms with E-state index in [1.54, 1.807) is 20.8 Å². The molecular weight excluding hydrogens is 675 g/mol. The molecule has 0 radical (unpaired) electrons. The largest absolute Gasteiger partial charge is 0.450 e. The quantitative estimate of drug-likeness (QED) is 0.323. The Morgan fingerprint density at radius 2 is 1.80 bits per heavy atom. The lowest BCUT2D eigenvalue weighted by atomic mass is 9.85. The lowest BCUT2D eigenvalue weighted by Gasteiger charge is -2.35. The fourth-order valence-electron chi connectivity index (χ4n) is 6.81. The first-order valence-corrected chi connectivity index (χ1v) is 19.5. The zero-order valence-corrected chi connectivity index (χ0v) is 30.6. The lowest BCUT2D eigenvalue weighted by Crippen LogP contribution is -2.60. The van der Waals surface area contributed by atoms with Gasteiger partial charge in [-0.15, -0.1) is 6.58 Å². The minimum Gasteiger partial charge on any atom is -0.450 e. The van der Waals surface area contributed by atoms with Gasteiger partial charge in [0.2, 0.25) is 27.7 Å². The highest BCUT2D eigenvalue weighted by atomic mass is 32.2. The van der Waals surface area contributed by atoms with E-state index in [9.17, 15) is 32.4 Å². The topological polar surface area (TPSA) is 180 Å². The van der Waals surface area contributed by atoms with Crippen molar-refractivity contribution >= 4 is 45.8 Å². The van der Waals surface area contributed by atoms with Crippen molar-refractivity contribution in [2.45, 2.75) is 114 Å². The molecule has 278 valence electrons. The number of alkyl carbamates (subject to hydrolysis) is 1. The van der Waals surface area contributed by atoms with Gasteiger partial charge < -0.3 is 25.6 Å². The van der Waals surface area contributed by atoms with Gasteiger partial charge >= 0.3 is 6.09 Å². The minimum absolute atomic E-state index is 0.0224. The molecule has 3 fully saturated rings. The number of rotatable bonds is 6. The summed E-state index contributed by atoms with van der Waals surface area (Å²) in [5.41, 5.74) is -0.294. The molecule has 51 heavy (non-hydrogen) atoms. The highest BCUT2D eigenvalue weighted by molar-refractivity contribution is 7.91. The number of nitrogens with one attached hydrogen (secondary N) is 4. The smallest absolute Gasteiger partial charge is 0.407 e. The molecule has 5 amide bonds. The Morgan fingerprint density at radius 1 is 1.06 bits per heavy atom. The summed E-state index contributed by atoms with van der Waals surface area (Å²) in [4.78, 5) is 69.4. The van der Waals surface area contributed by atoms with E-state index in [2.05, 4.69) is 39.4 Å². The number of cyclic esters (lactones) is 1. The van der Waals surface area contributed by atoms with Gasteiger partial charge in [-0.25, -0.2) is 13.2 Å². The number of ether oxygens (including phenoxy) is 1. The molecule has 0 spiro atoms. The Bertz CT molecular complexity index is 1670. The third kappa shape index (κ3) is 9.38. The zero-order chi connectivity index (χ0) is 37.0. The number of hydrogen-bond acceptors (Lipinski definition) is 8. The molecule has 4 N–H and O–H groups in total. The molecule has 2 heterocycles. The summed E-state index contributed by atoms with van der Waals surface area (Å²) >= 11 is 0. The van der Waals surface area contributed by atoms with Gasteiger partial charge in [0, 0.05) is 24.9 Å². The standard InChI is InChI=1S/C37H51N5O8S/c1-5-26-22-37(26,34(46)41-51(48,49)28-17-18-28)40-32(44)29-21-27-23-42(29)33(45)31(36(2,3)4)39-35(47)50-20-12-8-6-7-9-13-24-14-10-11-15-25(24)16-19-30(43)38-27/h5,9-11,13-15,26-29,31H,1,6-8,12,16-23H2,2-4H3,(H,38,43)(H,39,47)(H,40,44)(H,41,46)/t26-,27-,29+,31-,37-/m1/s1. The van der Waals surface area contributed by atoms with Gasteiger partial charge in [0.25, 0.3) is 5.91 Å². The Labute approximate surface area is 300 Å². The summed E-state index contributed by atoms with van der Waals surface area (Å²) in [6, 6.07) is 5.05. The first-order chi connectivity index (χ1) is 24.1. The van der Waals surface area contributed by atoms with Crippen LogP contribution in [-0.2, 0) is 40.4 Å². The predicted molar refractivity (Wildman–Crippen MR) is 191 cm³/mol.